The number of halogens is 3. The van der Waals surface area contributed by atoms with Crippen LogP contribution >= 0.6 is 0 Å². The summed E-state index contributed by atoms with van der Waals surface area (Å²) in [5.41, 5.74) is 2.33. The molecule has 2 N–H and O–H groups in total. The zero-order chi connectivity index (χ0) is 21.3. The maximum atomic E-state index is 12.3. The lowest BCUT2D eigenvalue weighted by Gasteiger charge is -2.26. The first kappa shape index (κ1) is 23.0. The van der Waals surface area contributed by atoms with Crippen molar-refractivity contribution in [2.24, 2.45) is 4.99 Å². The van der Waals surface area contributed by atoms with Crippen molar-refractivity contribution in [2.75, 3.05) is 40.3 Å². The topological polar surface area (TPSA) is 60.0 Å². The molecule has 9 heteroatoms. The van der Waals surface area contributed by atoms with Gasteiger partial charge in [-0.05, 0) is 37.1 Å². The normalized spacial score (nSPS) is 15.8. The molecule has 0 aromatic heterocycles. The highest BCUT2D eigenvalue weighted by Gasteiger charge is 2.31. The van der Waals surface area contributed by atoms with Crippen molar-refractivity contribution in [1.82, 2.24) is 20.4 Å². The van der Waals surface area contributed by atoms with Gasteiger partial charge in [-0.2, -0.15) is 13.2 Å². The molecule has 0 unspecified atom stereocenters. The summed E-state index contributed by atoms with van der Waals surface area (Å²) >= 11 is 0. The van der Waals surface area contributed by atoms with Crippen LogP contribution in [0.1, 0.15) is 30.4 Å². The molecule has 0 spiro atoms. The highest BCUT2D eigenvalue weighted by atomic mass is 19.4. The van der Waals surface area contributed by atoms with Gasteiger partial charge in [-0.1, -0.05) is 30.7 Å². The third-order valence-electron chi connectivity index (χ3n) is 4.81. The van der Waals surface area contributed by atoms with Gasteiger partial charge in [0.2, 0.25) is 5.91 Å². The number of rotatable bonds is 7. The zero-order valence-electron chi connectivity index (χ0n) is 17.1. The second-order valence-electron chi connectivity index (χ2n) is 7.30. The number of hydrogen-bond donors (Lipinski definition) is 2. The van der Waals surface area contributed by atoms with Gasteiger partial charge in [0.25, 0.3) is 0 Å². The van der Waals surface area contributed by atoms with Crippen LogP contribution in [0.25, 0.3) is 0 Å². The molecule has 1 aliphatic heterocycles. The molecule has 29 heavy (non-hydrogen) atoms. The number of hydrogen-bond acceptors (Lipinski definition) is 3. The van der Waals surface area contributed by atoms with Crippen molar-refractivity contribution >= 4 is 11.9 Å². The fourth-order valence-electron chi connectivity index (χ4n) is 3.20. The van der Waals surface area contributed by atoms with Gasteiger partial charge in [0.15, 0.2) is 5.96 Å². The molecule has 2 rings (SSSR count). The van der Waals surface area contributed by atoms with Crippen LogP contribution in [0.5, 0.6) is 0 Å². The second-order valence-corrected chi connectivity index (χ2v) is 7.30. The Balaban J connectivity index is 1.74. The number of nitrogens with zero attached hydrogens (tertiary/aromatic N) is 3. The third-order valence-corrected chi connectivity index (χ3v) is 4.81. The largest absolute Gasteiger partial charge is 0.406 e. The number of likely N-dealkylation sites (tertiary alicyclic amines) is 1. The zero-order valence-corrected chi connectivity index (χ0v) is 17.1. The first-order chi connectivity index (χ1) is 13.8. The van der Waals surface area contributed by atoms with E-state index >= 15 is 0 Å². The standard InChI is InChI=1S/C20H30F3N5O/c1-24-19(26-13-18(29)27(2)15-20(21,22)23)25-12-16-6-8-17(9-7-16)14-28-10-4-3-5-11-28/h6-9H,3-5,10-15H2,1-2H3,(H2,24,25,26). The van der Waals surface area contributed by atoms with E-state index in [4.69, 9.17) is 0 Å². The lowest BCUT2D eigenvalue weighted by Crippen LogP contribution is -2.45. The van der Waals surface area contributed by atoms with Crippen molar-refractivity contribution in [2.45, 2.75) is 38.5 Å². The van der Waals surface area contributed by atoms with Crippen LogP contribution in [0, 0.1) is 0 Å². The van der Waals surface area contributed by atoms with Crippen LogP contribution < -0.4 is 10.6 Å². The average molecular weight is 413 g/mol. The Kier molecular flexibility index (Phi) is 8.75. The predicted molar refractivity (Wildman–Crippen MR) is 107 cm³/mol. The van der Waals surface area contributed by atoms with E-state index < -0.39 is 18.6 Å². The van der Waals surface area contributed by atoms with Gasteiger partial charge >= 0.3 is 6.18 Å². The first-order valence-corrected chi connectivity index (χ1v) is 9.82. The van der Waals surface area contributed by atoms with E-state index in [2.05, 4.69) is 32.7 Å². The van der Waals surface area contributed by atoms with Gasteiger partial charge in [0.05, 0.1) is 6.54 Å². The van der Waals surface area contributed by atoms with E-state index in [-0.39, 0.29) is 6.54 Å². The summed E-state index contributed by atoms with van der Waals surface area (Å²) in [5.74, 6) is -0.302. The number of amides is 1. The van der Waals surface area contributed by atoms with Crippen molar-refractivity contribution < 1.29 is 18.0 Å². The average Bonchev–Trinajstić information content (AvgIpc) is 2.68. The quantitative estimate of drug-likeness (QED) is 0.532. The molecule has 1 saturated heterocycles. The Labute approximate surface area is 170 Å². The van der Waals surface area contributed by atoms with Crippen molar-refractivity contribution in [3.63, 3.8) is 0 Å². The molecule has 1 fully saturated rings. The molecule has 0 atom stereocenters. The summed E-state index contributed by atoms with van der Waals surface area (Å²) in [7, 11) is 2.67. The summed E-state index contributed by atoms with van der Waals surface area (Å²) in [6.07, 6.45) is -0.559. The Bertz CT molecular complexity index is 670. The fraction of sp³-hybridized carbons (Fsp3) is 0.600. The molecule has 0 aliphatic carbocycles. The fourth-order valence-corrected chi connectivity index (χ4v) is 3.20. The number of piperidine rings is 1. The molecule has 6 nitrogen and oxygen atoms in total. The Morgan fingerprint density at radius 1 is 1.10 bits per heavy atom. The highest BCUT2D eigenvalue weighted by molar-refractivity contribution is 5.86. The summed E-state index contributed by atoms with van der Waals surface area (Å²) in [5, 5.41) is 5.81. The van der Waals surface area contributed by atoms with Gasteiger partial charge in [-0.15, -0.1) is 0 Å². The molecule has 1 aromatic rings. The Morgan fingerprint density at radius 2 is 1.72 bits per heavy atom. The van der Waals surface area contributed by atoms with Crippen molar-refractivity contribution in [3.05, 3.63) is 35.4 Å². The molecule has 1 aliphatic rings. The SMILES string of the molecule is CN=C(NCC(=O)N(C)CC(F)(F)F)NCc1ccc(CN2CCCCC2)cc1. The second kappa shape index (κ2) is 11.0. The van der Waals surface area contributed by atoms with Crippen LogP contribution in [-0.2, 0) is 17.9 Å². The summed E-state index contributed by atoms with van der Waals surface area (Å²) in [6.45, 7) is 2.23. The minimum atomic E-state index is -4.41. The molecule has 1 heterocycles. The number of carbonyl (C=O) groups excluding carboxylic acids is 1. The van der Waals surface area contributed by atoms with Crippen molar-refractivity contribution in [1.29, 1.82) is 0 Å². The maximum absolute atomic E-state index is 12.3. The third kappa shape index (κ3) is 8.72. The van der Waals surface area contributed by atoms with Gasteiger partial charge in [-0.25, -0.2) is 0 Å². The molecule has 1 aromatic carbocycles. The minimum absolute atomic E-state index is 0.263. The molecule has 0 radical (unpaired) electrons. The Morgan fingerprint density at radius 3 is 2.31 bits per heavy atom. The molecular formula is C20H30F3N5O. The number of carbonyl (C=O) groups is 1. The summed E-state index contributed by atoms with van der Waals surface area (Å²) in [4.78, 5) is 18.9. The minimum Gasteiger partial charge on any atom is -0.352 e. The highest BCUT2D eigenvalue weighted by Crippen LogP contribution is 2.15. The summed E-state index contributed by atoms with van der Waals surface area (Å²) < 4.78 is 37.0. The lowest BCUT2D eigenvalue weighted by molar-refractivity contribution is -0.157. The van der Waals surface area contributed by atoms with Gasteiger partial charge in [0, 0.05) is 27.2 Å². The van der Waals surface area contributed by atoms with Crippen LogP contribution in [0.15, 0.2) is 29.3 Å². The number of aliphatic imine (C=N–C) groups is 1. The smallest absolute Gasteiger partial charge is 0.352 e. The van der Waals surface area contributed by atoms with E-state index in [1.54, 1.807) is 7.05 Å². The van der Waals surface area contributed by atoms with E-state index in [1.807, 2.05) is 12.1 Å². The van der Waals surface area contributed by atoms with Crippen LogP contribution in [0.4, 0.5) is 13.2 Å². The number of guanidine groups is 1. The van der Waals surface area contributed by atoms with E-state index in [0.29, 0.717) is 17.4 Å². The van der Waals surface area contributed by atoms with Gasteiger partial charge in [-0.3, -0.25) is 14.7 Å². The van der Waals surface area contributed by atoms with Gasteiger partial charge < -0.3 is 15.5 Å². The first-order valence-electron chi connectivity index (χ1n) is 9.82. The van der Waals surface area contributed by atoms with E-state index in [1.165, 1.54) is 24.8 Å². The van der Waals surface area contributed by atoms with Crippen LogP contribution in [0.3, 0.4) is 0 Å². The summed E-state index contributed by atoms with van der Waals surface area (Å²) in [6, 6.07) is 8.30. The molecule has 0 bridgehead atoms. The lowest BCUT2D eigenvalue weighted by atomic mass is 10.1. The predicted octanol–water partition coefficient (Wildman–Crippen LogP) is 2.36. The van der Waals surface area contributed by atoms with E-state index in [9.17, 15) is 18.0 Å². The number of likely N-dealkylation sites (N-methyl/N-ethyl adjacent to an activating group) is 1. The number of benzene rings is 1. The van der Waals surface area contributed by atoms with Crippen LogP contribution in [-0.4, -0.2) is 68.1 Å². The Hall–Kier alpha value is -2.29. The maximum Gasteiger partial charge on any atom is 0.406 e. The molecule has 1 amide bonds. The number of alkyl halides is 3. The number of nitrogens with one attached hydrogen (secondary N) is 2. The molecule has 0 saturated carbocycles. The molecule has 162 valence electrons. The van der Waals surface area contributed by atoms with Crippen LogP contribution in [0.2, 0.25) is 0 Å². The molecular weight excluding hydrogens is 383 g/mol. The van der Waals surface area contributed by atoms with E-state index in [0.717, 1.165) is 32.2 Å². The van der Waals surface area contributed by atoms with Crippen molar-refractivity contribution in [3.8, 4) is 0 Å². The monoisotopic (exact) mass is 413 g/mol. The van der Waals surface area contributed by atoms with Gasteiger partial charge in [0.1, 0.15) is 6.54 Å².